The molecule has 13 heavy (non-hydrogen) atoms. The number of cyclic esters (lactones) is 1. The lowest BCUT2D eigenvalue weighted by molar-refractivity contribution is 0.0489. The molecule has 0 aliphatic carbocycles. The van der Waals surface area contributed by atoms with E-state index in [9.17, 15) is 4.79 Å². The third-order valence-corrected chi connectivity index (χ3v) is 1.80. The van der Waals surface area contributed by atoms with E-state index < -0.39 is 6.16 Å². The van der Waals surface area contributed by atoms with Crippen LogP contribution in [0.25, 0.3) is 0 Å². The summed E-state index contributed by atoms with van der Waals surface area (Å²) >= 11 is 0. The summed E-state index contributed by atoms with van der Waals surface area (Å²) in [5, 5.41) is 6.89. The van der Waals surface area contributed by atoms with E-state index in [4.69, 9.17) is 4.74 Å². The Morgan fingerprint density at radius 1 is 1.08 bits per heavy atom. The van der Waals surface area contributed by atoms with Crippen LogP contribution in [-0.2, 0) is 9.57 Å². The largest absolute Gasteiger partial charge is 0.536 e. The third kappa shape index (κ3) is 5.16. The number of hydrogen-bond donors (Lipinski definition) is 0. The molecule has 5 nitrogen and oxygen atoms in total. The van der Waals surface area contributed by atoms with Crippen LogP contribution in [0.5, 0.6) is 0 Å². The van der Waals surface area contributed by atoms with Crippen LogP contribution in [-0.4, -0.2) is 19.3 Å². The minimum absolute atomic E-state index is 0.411. The molecule has 0 unspecified atom stereocenters. The Bertz CT molecular complexity index is 182. The SMILES string of the molecule is O=C1OCCCCCCCN=NO1. The zero-order valence-corrected chi connectivity index (χ0v) is 7.57. The van der Waals surface area contributed by atoms with Crippen molar-refractivity contribution in [3.8, 4) is 0 Å². The average Bonchev–Trinajstić information content (AvgIpc) is 2.11. The molecule has 0 N–H and O–H groups in total. The normalized spacial score (nSPS) is 20.8. The lowest BCUT2D eigenvalue weighted by Crippen LogP contribution is -2.05. The highest BCUT2D eigenvalue weighted by molar-refractivity contribution is 5.59. The highest BCUT2D eigenvalue weighted by atomic mass is 16.8. The molecule has 5 heteroatoms. The molecule has 0 atom stereocenters. The number of carbonyl (C=O) groups is 1. The van der Waals surface area contributed by atoms with E-state index >= 15 is 0 Å². The quantitative estimate of drug-likeness (QED) is 0.546. The van der Waals surface area contributed by atoms with Crippen molar-refractivity contribution in [1.82, 2.24) is 0 Å². The van der Waals surface area contributed by atoms with Gasteiger partial charge in [-0.05, 0) is 12.8 Å². The first kappa shape index (κ1) is 9.95. The molecule has 1 aliphatic heterocycles. The van der Waals surface area contributed by atoms with Crippen LogP contribution in [0.3, 0.4) is 0 Å². The standard InChI is InChI=1S/C8H14N2O3/c11-8-12-7-5-3-1-2-4-6-9-10-13-8/h1-7H2. The fourth-order valence-corrected chi connectivity index (χ4v) is 1.10. The van der Waals surface area contributed by atoms with Gasteiger partial charge >= 0.3 is 6.16 Å². The van der Waals surface area contributed by atoms with Gasteiger partial charge in [0.2, 0.25) is 0 Å². The van der Waals surface area contributed by atoms with Crippen LogP contribution < -0.4 is 0 Å². The minimum Gasteiger partial charge on any atom is -0.433 e. The number of ether oxygens (including phenoxy) is 1. The molecule has 0 bridgehead atoms. The Morgan fingerprint density at radius 3 is 2.77 bits per heavy atom. The smallest absolute Gasteiger partial charge is 0.433 e. The van der Waals surface area contributed by atoms with Gasteiger partial charge in [-0.25, -0.2) is 4.79 Å². The lowest BCUT2D eigenvalue weighted by Gasteiger charge is -2.03. The molecule has 0 amide bonds. The van der Waals surface area contributed by atoms with Gasteiger partial charge in [-0.1, -0.05) is 19.3 Å². The molecular weight excluding hydrogens is 172 g/mol. The van der Waals surface area contributed by atoms with Crippen molar-refractivity contribution in [3.63, 3.8) is 0 Å². The van der Waals surface area contributed by atoms with Crippen molar-refractivity contribution in [1.29, 1.82) is 0 Å². The Hall–Kier alpha value is -1.13. The number of nitrogens with zero attached hydrogens (tertiary/aromatic N) is 2. The summed E-state index contributed by atoms with van der Waals surface area (Å²) in [6, 6.07) is 0. The Balaban J connectivity index is 2.26. The van der Waals surface area contributed by atoms with Gasteiger partial charge in [0.25, 0.3) is 0 Å². The number of carbonyl (C=O) groups excluding carboxylic acids is 1. The van der Waals surface area contributed by atoms with Crippen LogP contribution >= 0.6 is 0 Å². The predicted molar refractivity (Wildman–Crippen MR) is 45.2 cm³/mol. The van der Waals surface area contributed by atoms with Crippen LogP contribution in [0.2, 0.25) is 0 Å². The summed E-state index contributed by atoms with van der Waals surface area (Å²) in [5.74, 6) is 0. The highest BCUT2D eigenvalue weighted by Gasteiger charge is 2.03. The first-order valence-corrected chi connectivity index (χ1v) is 4.60. The monoisotopic (exact) mass is 186 g/mol. The average molecular weight is 186 g/mol. The van der Waals surface area contributed by atoms with Crippen LogP contribution in [0, 0.1) is 0 Å². The molecule has 1 aliphatic rings. The minimum atomic E-state index is -0.760. The lowest BCUT2D eigenvalue weighted by atomic mass is 10.1. The van der Waals surface area contributed by atoms with Crippen molar-refractivity contribution >= 4 is 6.16 Å². The number of rotatable bonds is 0. The zero-order valence-electron chi connectivity index (χ0n) is 7.57. The van der Waals surface area contributed by atoms with E-state index in [0.29, 0.717) is 13.2 Å². The highest BCUT2D eigenvalue weighted by Crippen LogP contribution is 2.05. The van der Waals surface area contributed by atoms with E-state index in [2.05, 4.69) is 15.2 Å². The summed E-state index contributed by atoms with van der Waals surface area (Å²) in [4.78, 5) is 15.0. The van der Waals surface area contributed by atoms with Crippen molar-refractivity contribution < 1.29 is 14.4 Å². The molecule has 0 aromatic carbocycles. The van der Waals surface area contributed by atoms with Crippen LogP contribution in [0.1, 0.15) is 32.1 Å². The Kier molecular flexibility index (Phi) is 4.90. The van der Waals surface area contributed by atoms with Crippen molar-refractivity contribution in [2.24, 2.45) is 10.4 Å². The molecule has 0 aromatic rings. The molecule has 1 rings (SSSR count). The van der Waals surface area contributed by atoms with E-state index in [1.807, 2.05) is 0 Å². The van der Waals surface area contributed by atoms with Gasteiger partial charge in [0.15, 0.2) is 0 Å². The fraction of sp³-hybridized carbons (Fsp3) is 0.875. The first-order valence-electron chi connectivity index (χ1n) is 4.60. The van der Waals surface area contributed by atoms with E-state index in [1.54, 1.807) is 0 Å². The van der Waals surface area contributed by atoms with Crippen molar-refractivity contribution in [2.45, 2.75) is 32.1 Å². The summed E-state index contributed by atoms with van der Waals surface area (Å²) in [7, 11) is 0. The molecule has 0 saturated heterocycles. The van der Waals surface area contributed by atoms with Crippen LogP contribution in [0.15, 0.2) is 10.4 Å². The van der Waals surface area contributed by atoms with Gasteiger partial charge in [-0.3, -0.25) is 4.84 Å². The maximum absolute atomic E-state index is 10.7. The van der Waals surface area contributed by atoms with Gasteiger partial charge in [0, 0.05) is 5.28 Å². The van der Waals surface area contributed by atoms with Gasteiger partial charge in [-0.15, -0.1) is 0 Å². The second kappa shape index (κ2) is 6.39. The molecule has 0 spiro atoms. The van der Waals surface area contributed by atoms with E-state index in [1.165, 1.54) is 0 Å². The maximum atomic E-state index is 10.7. The fourth-order valence-electron chi connectivity index (χ4n) is 1.10. The summed E-state index contributed by atoms with van der Waals surface area (Å²) in [5.41, 5.74) is 0. The van der Waals surface area contributed by atoms with Gasteiger partial charge in [0.05, 0.1) is 13.2 Å². The predicted octanol–water partition coefficient (Wildman–Crippen LogP) is 2.47. The molecule has 1 heterocycles. The van der Waals surface area contributed by atoms with Crippen molar-refractivity contribution in [2.75, 3.05) is 13.2 Å². The molecule has 0 saturated carbocycles. The second-order valence-electron chi connectivity index (χ2n) is 2.90. The van der Waals surface area contributed by atoms with Crippen molar-refractivity contribution in [3.05, 3.63) is 0 Å². The molecule has 0 radical (unpaired) electrons. The molecule has 74 valence electrons. The Labute approximate surface area is 77.1 Å². The number of hydrogen-bond acceptors (Lipinski definition) is 5. The van der Waals surface area contributed by atoms with Gasteiger partial charge < -0.3 is 4.74 Å². The summed E-state index contributed by atoms with van der Waals surface area (Å²) in [6.07, 6.45) is 4.53. The third-order valence-electron chi connectivity index (χ3n) is 1.80. The molecule has 0 fully saturated rings. The van der Waals surface area contributed by atoms with E-state index in [-0.39, 0.29) is 0 Å². The second-order valence-corrected chi connectivity index (χ2v) is 2.90. The van der Waals surface area contributed by atoms with E-state index in [0.717, 1.165) is 32.1 Å². The zero-order chi connectivity index (χ0) is 9.36. The maximum Gasteiger partial charge on any atom is 0.536 e. The molecular formula is C8H14N2O3. The summed E-state index contributed by atoms with van der Waals surface area (Å²) in [6.45, 7) is 1.03. The molecule has 0 aromatic heterocycles. The van der Waals surface area contributed by atoms with Gasteiger partial charge in [-0.2, -0.15) is 5.11 Å². The first-order chi connectivity index (χ1) is 6.39. The van der Waals surface area contributed by atoms with Gasteiger partial charge in [0.1, 0.15) is 0 Å². The summed E-state index contributed by atoms with van der Waals surface area (Å²) < 4.78 is 4.70. The topological polar surface area (TPSA) is 60.2 Å². The Morgan fingerprint density at radius 2 is 1.85 bits per heavy atom. The van der Waals surface area contributed by atoms with Crippen LogP contribution in [0.4, 0.5) is 4.79 Å².